The molecule has 0 radical (unpaired) electrons. The predicted octanol–water partition coefficient (Wildman–Crippen LogP) is 2.52. The van der Waals surface area contributed by atoms with E-state index in [1.165, 1.54) is 0 Å². The molecule has 0 aliphatic carbocycles. The van der Waals surface area contributed by atoms with Gasteiger partial charge in [0.25, 0.3) is 5.91 Å². The number of aryl methyl sites for hydroxylation is 1. The van der Waals surface area contributed by atoms with E-state index in [9.17, 15) is 4.79 Å². The highest BCUT2D eigenvalue weighted by Crippen LogP contribution is 2.46. The van der Waals surface area contributed by atoms with Gasteiger partial charge in [-0.3, -0.25) is 4.79 Å². The van der Waals surface area contributed by atoms with Gasteiger partial charge in [0.05, 0.1) is 10.9 Å². The number of thioether (sulfide) groups is 1. The maximum absolute atomic E-state index is 12.6. The molecule has 116 valence electrons. The number of rotatable bonds is 2. The van der Waals surface area contributed by atoms with Crippen LogP contribution in [-0.4, -0.2) is 52.2 Å². The Kier molecular flexibility index (Phi) is 3.24. The van der Waals surface area contributed by atoms with Gasteiger partial charge in [-0.15, -0.1) is 11.8 Å². The van der Waals surface area contributed by atoms with Gasteiger partial charge in [-0.2, -0.15) is 0 Å². The summed E-state index contributed by atoms with van der Waals surface area (Å²) in [6.07, 6.45) is 3.44. The molecule has 5 heteroatoms. The summed E-state index contributed by atoms with van der Waals surface area (Å²) in [5, 5.41) is 1.12. The topological polar surface area (TPSA) is 34.5 Å². The van der Waals surface area contributed by atoms with Crippen LogP contribution in [-0.2, 0) is 11.8 Å². The van der Waals surface area contributed by atoms with Crippen LogP contribution in [0, 0.1) is 0 Å². The van der Waals surface area contributed by atoms with Crippen molar-refractivity contribution in [2.75, 3.05) is 26.0 Å². The highest BCUT2D eigenvalue weighted by Gasteiger charge is 2.50. The molecule has 3 heterocycles. The van der Waals surface area contributed by atoms with Gasteiger partial charge < -0.3 is 14.2 Å². The summed E-state index contributed by atoms with van der Waals surface area (Å²) < 4.78 is 7.76. The molecule has 2 aliphatic heterocycles. The van der Waals surface area contributed by atoms with Crippen LogP contribution >= 0.6 is 11.8 Å². The third-order valence-corrected chi connectivity index (χ3v) is 6.46. The van der Waals surface area contributed by atoms with E-state index in [1.807, 2.05) is 48.1 Å². The quantitative estimate of drug-likeness (QED) is 0.854. The minimum atomic E-state index is 0.151. The van der Waals surface area contributed by atoms with Crippen molar-refractivity contribution in [1.29, 1.82) is 0 Å². The first kappa shape index (κ1) is 14.2. The molecule has 22 heavy (non-hydrogen) atoms. The Balaban J connectivity index is 1.48. The molecule has 1 spiro atoms. The largest absolute Gasteiger partial charge is 0.381 e. The zero-order valence-electron chi connectivity index (χ0n) is 12.9. The molecule has 1 aromatic carbocycles. The molecule has 0 N–H and O–H groups in total. The van der Waals surface area contributed by atoms with Gasteiger partial charge in [-0.25, -0.2) is 0 Å². The molecule has 0 saturated carbocycles. The standard InChI is InChI=1S/C17H20N2O2S/c1-18-6-5-12-7-13(3-4-15(12)18)16(20)19-10-17(11-19)8-14(21-2)9-22-17/h3-7,14H,8-11H2,1-2H3. The van der Waals surface area contributed by atoms with E-state index >= 15 is 0 Å². The number of methoxy groups -OCH3 is 1. The fourth-order valence-electron chi connectivity index (χ4n) is 3.56. The lowest BCUT2D eigenvalue weighted by Gasteiger charge is -2.47. The first-order chi connectivity index (χ1) is 10.6. The maximum atomic E-state index is 12.6. The second kappa shape index (κ2) is 5.03. The van der Waals surface area contributed by atoms with Gasteiger partial charge in [-0.05, 0) is 30.7 Å². The fraction of sp³-hybridized carbons (Fsp3) is 0.471. The Morgan fingerprint density at radius 2 is 2.18 bits per heavy atom. The number of likely N-dealkylation sites (tertiary alicyclic amines) is 1. The zero-order valence-corrected chi connectivity index (χ0v) is 13.7. The van der Waals surface area contributed by atoms with E-state index in [0.29, 0.717) is 6.10 Å². The number of nitrogens with zero attached hydrogens (tertiary/aromatic N) is 2. The van der Waals surface area contributed by atoms with Gasteiger partial charge in [0.1, 0.15) is 0 Å². The molecular weight excluding hydrogens is 296 g/mol. The molecule has 1 atom stereocenters. The van der Waals surface area contributed by atoms with Crippen LogP contribution in [0.15, 0.2) is 30.5 Å². The van der Waals surface area contributed by atoms with Crippen LogP contribution in [0.4, 0.5) is 0 Å². The second-order valence-electron chi connectivity index (χ2n) is 6.42. The molecule has 1 aromatic heterocycles. The molecule has 1 amide bonds. The fourth-order valence-corrected chi connectivity index (χ4v) is 5.16. The minimum Gasteiger partial charge on any atom is -0.381 e. The van der Waals surface area contributed by atoms with Gasteiger partial charge in [0.2, 0.25) is 0 Å². The van der Waals surface area contributed by atoms with Crippen LogP contribution in [0.25, 0.3) is 10.9 Å². The van der Waals surface area contributed by atoms with Crippen LogP contribution in [0.5, 0.6) is 0 Å². The summed E-state index contributed by atoms with van der Waals surface area (Å²) >= 11 is 1.96. The Bertz CT molecular complexity index is 733. The Hall–Kier alpha value is -1.46. The van der Waals surface area contributed by atoms with E-state index in [2.05, 4.69) is 10.6 Å². The molecule has 2 aliphatic rings. The van der Waals surface area contributed by atoms with E-state index in [0.717, 1.165) is 41.7 Å². The third kappa shape index (κ3) is 2.15. The van der Waals surface area contributed by atoms with Crippen LogP contribution in [0.2, 0.25) is 0 Å². The SMILES string of the molecule is COC1CSC2(C1)CN(C(=O)c1ccc3c(ccn3C)c1)C2. The number of hydrogen-bond acceptors (Lipinski definition) is 3. The summed E-state index contributed by atoms with van der Waals surface area (Å²) in [5.74, 6) is 1.20. The number of aromatic nitrogens is 1. The highest BCUT2D eigenvalue weighted by atomic mass is 32.2. The third-order valence-electron chi connectivity index (χ3n) is 4.89. The van der Waals surface area contributed by atoms with Gasteiger partial charge >= 0.3 is 0 Å². The van der Waals surface area contributed by atoms with E-state index in [4.69, 9.17) is 4.74 Å². The summed E-state index contributed by atoms with van der Waals surface area (Å²) in [6.45, 7) is 1.70. The number of carbonyl (C=O) groups is 1. The van der Waals surface area contributed by atoms with Crippen molar-refractivity contribution < 1.29 is 9.53 Å². The van der Waals surface area contributed by atoms with Crippen LogP contribution in [0.1, 0.15) is 16.8 Å². The summed E-state index contributed by atoms with van der Waals surface area (Å²) in [5.41, 5.74) is 1.95. The van der Waals surface area contributed by atoms with Crippen LogP contribution < -0.4 is 0 Å². The first-order valence-corrected chi connectivity index (χ1v) is 8.60. The molecular formula is C17H20N2O2S. The molecule has 2 saturated heterocycles. The number of fused-ring (bicyclic) bond motifs is 1. The summed E-state index contributed by atoms with van der Waals surface area (Å²) in [6, 6.07) is 8.03. The van der Waals surface area contributed by atoms with Crippen molar-refractivity contribution in [3.8, 4) is 0 Å². The van der Waals surface area contributed by atoms with Crippen molar-refractivity contribution in [3.05, 3.63) is 36.0 Å². The summed E-state index contributed by atoms with van der Waals surface area (Å²) in [4.78, 5) is 14.6. The zero-order chi connectivity index (χ0) is 15.3. The molecule has 2 fully saturated rings. The molecule has 1 unspecified atom stereocenters. The molecule has 4 rings (SSSR count). The van der Waals surface area contributed by atoms with Crippen molar-refractivity contribution in [3.63, 3.8) is 0 Å². The number of hydrogen-bond donors (Lipinski definition) is 0. The number of benzene rings is 1. The predicted molar refractivity (Wildman–Crippen MR) is 89.4 cm³/mol. The van der Waals surface area contributed by atoms with E-state index in [1.54, 1.807) is 7.11 Å². The second-order valence-corrected chi connectivity index (χ2v) is 7.91. The average Bonchev–Trinajstić information content (AvgIpc) is 3.09. The monoisotopic (exact) mass is 316 g/mol. The van der Waals surface area contributed by atoms with Crippen molar-refractivity contribution in [1.82, 2.24) is 9.47 Å². The number of ether oxygens (including phenoxy) is 1. The highest BCUT2D eigenvalue weighted by molar-refractivity contribution is 8.01. The first-order valence-electron chi connectivity index (χ1n) is 7.61. The van der Waals surface area contributed by atoms with Gasteiger partial charge in [-0.1, -0.05) is 0 Å². The van der Waals surface area contributed by atoms with Gasteiger partial charge in [0.15, 0.2) is 0 Å². The lowest BCUT2D eigenvalue weighted by molar-refractivity contribution is 0.0452. The van der Waals surface area contributed by atoms with Crippen molar-refractivity contribution in [2.24, 2.45) is 7.05 Å². The van der Waals surface area contributed by atoms with Crippen molar-refractivity contribution in [2.45, 2.75) is 17.3 Å². The Morgan fingerprint density at radius 3 is 2.91 bits per heavy atom. The Morgan fingerprint density at radius 1 is 1.36 bits per heavy atom. The summed E-state index contributed by atoms with van der Waals surface area (Å²) in [7, 11) is 3.80. The van der Waals surface area contributed by atoms with Crippen LogP contribution in [0.3, 0.4) is 0 Å². The molecule has 0 bridgehead atoms. The molecule has 2 aromatic rings. The molecule has 4 nitrogen and oxygen atoms in total. The maximum Gasteiger partial charge on any atom is 0.253 e. The van der Waals surface area contributed by atoms with E-state index in [-0.39, 0.29) is 10.7 Å². The lowest BCUT2D eigenvalue weighted by atomic mass is 9.92. The lowest BCUT2D eigenvalue weighted by Crippen LogP contribution is -2.60. The average molecular weight is 316 g/mol. The normalized spacial score (nSPS) is 23.2. The Labute approximate surface area is 134 Å². The minimum absolute atomic E-state index is 0.151. The smallest absolute Gasteiger partial charge is 0.253 e. The van der Waals surface area contributed by atoms with Gasteiger partial charge in [0, 0.05) is 55.7 Å². The van der Waals surface area contributed by atoms with Crippen molar-refractivity contribution >= 4 is 28.6 Å². The number of amides is 1. The number of carbonyl (C=O) groups excluding carboxylic acids is 1. The van der Waals surface area contributed by atoms with E-state index < -0.39 is 0 Å².